The van der Waals surface area contributed by atoms with Gasteiger partial charge in [0.15, 0.2) is 5.82 Å². The van der Waals surface area contributed by atoms with Gasteiger partial charge in [-0.05, 0) is 80.1 Å². The van der Waals surface area contributed by atoms with E-state index in [1.54, 1.807) is 23.2 Å². The van der Waals surface area contributed by atoms with Gasteiger partial charge in [0, 0.05) is 37.9 Å². The van der Waals surface area contributed by atoms with E-state index in [-0.39, 0.29) is 40.5 Å². The Kier molecular flexibility index (Phi) is 7.63. The fraction of sp³-hybridized carbons (Fsp3) is 0.429. The quantitative estimate of drug-likeness (QED) is 0.229. The van der Waals surface area contributed by atoms with Crippen molar-refractivity contribution in [1.82, 2.24) is 24.8 Å². The van der Waals surface area contributed by atoms with Crippen molar-refractivity contribution < 1.29 is 18.3 Å². The zero-order valence-electron chi connectivity index (χ0n) is 25.9. The van der Waals surface area contributed by atoms with E-state index in [0.717, 1.165) is 50.6 Å². The van der Waals surface area contributed by atoms with E-state index < -0.39 is 5.82 Å². The van der Waals surface area contributed by atoms with Crippen molar-refractivity contribution >= 4 is 33.4 Å². The first-order valence-electron chi connectivity index (χ1n) is 15.9. The first kappa shape index (κ1) is 29.5. The molecule has 2 aromatic heterocycles. The summed E-state index contributed by atoms with van der Waals surface area (Å²) >= 11 is 0. The van der Waals surface area contributed by atoms with Gasteiger partial charge in [-0.25, -0.2) is 8.78 Å². The van der Waals surface area contributed by atoms with E-state index in [9.17, 15) is 9.18 Å². The topological polar surface area (TPSA) is 74.7 Å². The van der Waals surface area contributed by atoms with Gasteiger partial charge in [-0.2, -0.15) is 9.97 Å². The number of fused-ring (bicyclic) bond motifs is 3. The smallest absolute Gasteiger partial charge is 0.319 e. The lowest BCUT2D eigenvalue weighted by Crippen LogP contribution is -2.43. The van der Waals surface area contributed by atoms with Crippen molar-refractivity contribution in [3.63, 3.8) is 0 Å². The summed E-state index contributed by atoms with van der Waals surface area (Å²) in [6, 6.07) is 8.74. The van der Waals surface area contributed by atoms with Gasteiger partial charge < -0.3 is 14.5 Å². The molecule has 234 valence electrons. The minimum Gasteiger partial charge on any atom is -0.461 e. The predicted molar refractivity (Wildman–Crippen MR) is 171 cm³/mol. The van der Waals surface area contributed by atoms with Crippen LogP contribution in [0, 0.1) is 11.6 Å². The van der Waals surface area contributed by atoms with Crippen molar-refractivity contribution in [3.8, 4) is 17.3 Å². The minimum absolute atomic E-state index is 0.0348. The first-order valence-corrected chi connectivity index (χ1v) is 15.9. The molecular weight excluding hydrogens is 574 g/mol. The number of rotatable bonds is 8. The Morgan fingerprint density at radius 3 is 2.71 bits per heavy atom. The van der Waals surface area contributed by atoms with Gasteiger partial charge >= 0.3 is 6.01 Å². The summed E-state index contributed by atoms with van der Waals surface area (Å²) in [5.41, 5.74) is 1.20. The molecule has 8 nitrogen and oxygen atoms in total. The SMILES string of the molecule is C=CC(=O)N1CCC(N(C)c2nc(OCC34CCCN3CCC4)nc3c(F)c(-c4cccc5ccc(F)c(CC)c45)ncc23)C1. The molecule has 0 aliphatic carbocycles. The number of hydrogen-bond donors (Lipinski definition) is 0. The molecule has 1 unspecified atom stereocenters. The van der Waals surface area contributed by atoms with Gasteiger partial charge in [-0.1, -0.05) is 37.8 Å². The largest absolute Gasteiger partial charge is 0.461 e. The zero-order chi connectivity index (χ0) is 31.3. The summed E-state index contributed by atoms with van der Waals surface area (Å²) in [5, 5.41) is 1.91. The normalized spacial score (nSPS) is 19.4. The Hall–Kier alpha value is -4.18. The Balaban J connectivity index is 1.34. The first-order chi connectivity index (χ1) is 21.8. The monoisotopic (exact) mass is 612 g/mol. The summed E-state index contributed by atoms with van der Waals surface area (Å²) in [5.74, 6) is -0.552. The van der Waals surface area contributed by atoms with Crippen molar-refractivity contribution in [1.29, 1.82) is 0 Å². The zero-order valence-corrected chi connectivity index (χ0v) is 25.9. The maximum Gasteiger partial charge on any atom is 0.319 e. The highest BCUT2D eigenvalue weighted by atomic mass is 19.1. The number of likely N-dealkylation sites (N-methyl/N-ethyl adjacent to an activating group) is 1. The van der Waals surface area contributed by atoms with Crippen LogP contribution in [0.25, 0.3) is 32.9 Å². The van der Waals surface area contributed by atoms with Crippen molar-refractivity contribution in [2.75, 3.05) is 44.7 Å². The molecule has 7 rings (SSSR count). The summed E-state index contributed by atoms with van der Waals surface area (Å²) in [6.45, 7) is 9.17. The van der Waals surface area contributed by atoms with Crippen LogP contribution in [0.5, 0.6) is 6.01 Å². The molecule has 3 aliphatic heterocycles. The number of ether oxygens (including phenoxy) is 1. The molecule has 45 heavy (non-hydrogen) atoms. The number of pyridine rings is 1. The van der Waals surface area contributed by atoms with Crippen LogP contribution >= 0.6 is 0 Å². The highest BCUT2D eigenvalue weighted by Gasteiger charge is 2.45. The fourth-order valence-corrected chi connectivity index (χ4v) is 7.73. The molecular formula is C35H38F2N6O2. The van der Waals surface area contributed by atoms with Crippen molar-refractivity contribution in [2.24, 2.45) is 0 Å². The third-order valence-corrected chi connectivity index (χ3v) is 10.2. The molecule has 0 spiro atoms. The van der Waals surface area contributed by atoms with Gasteiger partial charge in [-0.15, -0.1) is 0 Å². The summed E-state index contributed by atoms with van der Waals surface area (Å²) in [6.07, 6.45) is 8.49. The minimum atomic E-state index is -0.607. The lowest BCUT2D eigenvalue weighted by Gasteiger charge is -2.31. The van der Waals surface area contributed by atoms with Crippen LogP contribution in [0.2, 0.25) is 0 Å². The predicted octanol–water partition coefficient (Wildman–Crippen LogP) is 5.92. The average molecular weight is 613 g/mol. The lowest BCUT2D eigenvalue weighted by molar-refractivity contribution is -0.125. The molecule has 2 aromatic carbocycles. The molecule has 3 saturated heterocycles. The van der Waals surface area contributed by atoms with E-state index in [0.29, 0.717) is 53.8 Å². The molecule has 3 aliphatic rings. The van der Waals surface area contributed by atoms with Crippen LogP contribution in [-0.4, -0.2) is 82.1 Å². The number of carbonyl (C=O) groups excluding carboxylic acids is 1. The van der Waals surface area contributed by atoms with Crippen LogP contribution in [0.15, 0.2) is 49.2 Å². The molecule has 5 heterocycles. The van der Waals surface area contributed by atoms with Crippen LogP contribution in [0.1, 0.15) is 44.6 Å². The van der Waals surface area contributed by atoms with E-state index in [1.807, 2.05) is 31.0 Å². The second kappa shape index (κ2) is 11.6. The second-order valence-electron chi connectivity index (χ2n) is 12.5. The number of benzene rings is 2. The molecule has 4 aromatic rings. The molecule has 0 bridgehead atoms. The molecule has 0 radical (unpaired) electrons. The highest BCUT2D eigenvalue weighted by molar-refractivity contribution is 6.01. The number of likely N-dealkylation sites (tertiary alicyclic amines) is 1. The lowest BCUT2D eigenvalue weighted by atomic mass is 9.95. The van der Waals surface area contributed by atoms with E-state index in [4.69, 9.17) is 9.72 Å². The van der Waals surface area contributed by atoms with E-state index in [2.05, 4.69) is 21.4 Å². The average Bonchev–Trinajstić information content (AvgIpc) is 3.80. The standard InChI is InChI=1S/C35H38F2N6O2/c1-4-24-27(36)12-11-22-9-6-10-25(29(22)24)31-30(37)32-26(19-38-31)33(41(3)23-13-18-42(20-23)28(44)5-2)40-34(39-32)45-21-35-14-7-16-43(35)17-8-15-35/h5-6,9-12,19,23H,2,4,7-8,13-18,20-21H2,1,3H3. The third kappa shape index (κ3) is 4.99. The number of anilines is 1. The molecule has 1 atom stereocenters. The number of nitrogens with zero attached hydrogens (tertiary/aromatic N) is 6. The van der Waals surface area contributed by atoms with Crippen molar-refractivity contribution in [2.45, 2.75) is 57.0 Å². The summed E-state index contributed by atoms with van der Waals surface area (Å²) < 4.78 is 38.1. The molecule has 1 amide bonds. The Morgan fingerprint density at radius 1 is 1.16 bits per heavy atom. The maximum absolute atomic E-state index is 16.8. The Bertz CT molecular complexity index is 1800. The third-order valence-electron chi connectivity index (χ3n) is 10.2. The van der Waals surface area contributed by atoms with Crippen LogP contribution < -0.4 is 9.64 Å². The van der Waals surface area contributed by atoms with E-state index in [1.165, 1.54) is 12.1 Å². The number of amides is 1. The molecule has 0 saturated carbocycles. The van der Waals surface area contributed by atoms with Crippen LogP contribution in [-0.2, 0) is 11.2 Å². The Morgan fingerprint density at radius 2 is 1.96 bits per heavy atom. The Labute approximate surface area is 261 Å². The van der Waals surface area contributed by atoms with Gasteiger partial charge in [0.05, 0.1) is 10.9 Å². The number of aryl methyl sites for hydroxylation is 1. The number of aromatic nitrogens is 3. The summed E-state index contributed by atoms with van der Waals surface area (Å²) in [4.78, 5) is 32.6. The second-order valence-corrected chi connectivity index (χ2v) is 12.5. The number of carbonyl (C=O) groups is 1. The molecule has 10 heteroatoms. The molecule has 0 N–H and O–H groups in total. The van der Waals surface area contributed by atoms with Gasteiger partial charge in [0.2, 0.25) is 5.91 Å². The highest BCUT2D eigenvalue weighted by Crippen LogP contribution is 2.40. The number of halogens is 2. The van der Waals surface area contributed by atoms with Gasteiger partial charge in [0.25, 0.3) is 0 Å². The van der Waals surface area contributed by atoms with Gasteiger partial charge in [0.1, 0.15) is 29.5 Å². The maximum atomic E-state index is 16.8. The summed E-state index contributed by atoms with van der Waals surface area (Å²) in [7, 11) is 1.90. The van der Waals surface area contributed by atoms with Crippen LogP contribution in [0.4, 0.5) is 14.6 Å². The number of hydrogen-bond acceptors (Lipinski definition) is 7. The fourth-order valence-electron chi connectivity index (χ4n) is 7.73. The molecule has 3 fully saturated rings. The van der Waals surface area contributed by atoms with E-state index >= 15 is 4.39 Å². The van der Waals surface area contributed by atoms with Crippen molar-refractivity contribution in [3.05, 3.63) is 66.4 Å². The van der Waals surface area contributed by atoms with Gasteiger partial charge in [-0.3, -0.25) is 14.7 Å². The van der Waals surface area contributed by atoms with Crippen LogP contribution in [0.3, 0.4) is 0 Å².